The average Bonchev–Trinajstić information content (AvgIpc) is 2.76. The number of aromatic nitrogens is 1. The third kappa shape index (κ3) is 2.63. The first-order valence-corrected chi connectivity index (χ1v) is 5.88. The SMILES string of the molecule is CC1OCCC1N(C)Cc1cccnc1C#N. The van der Waals surface area contributed by atoms with Crippen LogP contribution in [0, 0.1) is 11.3 Å². The summed E-state index contributed by atoms with van der Waals surface area (Å²) in [5, 5.41) is 8.99. The van der Waals surface area contributed by atoms with E-state index in [1.807, 2.05) is 12.1 Å². The molecule has 1 aromatic heterocycles. The highest BCUT2D eigenvalue weighted by Gasteiger charge is 2.28. The Morgan fingerprint density at radius 1 is 1.65 bits per heavy atom. The lowest BCUT2D eigenvalue weighted by Crippen LogP contribution is -2.36. The molecule has 17 heavy (non-hydrogen) atoms. The molecule has 0 aliphatic carbocycles. The summed E-state index contributed by atoms with van der Waals surface area (Å²) < 4.78 is 5.56. The summed E-state index contributed by atoms with van der Waals surface area (Å²) in [4.78, 5) is 6.32. The van der Waals surface area contributed by atoms with Crippen LogP contribution in [0.3, 0.4) is 0 Å². The lowest BCUT2D eigenvalue weighted by Gasteiger charge is -2.26. The van der Waals surface area contributed by atoms with Gasteiger partial charge in [0.05, 0.1) is 6.10 Å². The molecule has 0 spiro atoms. The zero-order valence-electron chi connectivity index (χ0n) is 10.3. The van der Waals surface area contributed by atoms with Gasteiger partial charge in [-0.1, -0.05) is 6.07 Å². The summed E-state index contributed by atoms with van der Waals surface area (Å²) >= 11 is 0. The second kappa shape index (κ2) is 5.26. The minimum atomic E-state index is 0.266. The van der Waals surface area contributed by atoms with Gasteiger partial charge in [0.25, 0.3) is 0 Å². The molecule has 2 atom stereocenters. The fourth-order valence-corrected chi connectivity index (χ4v) is 2.35. The van der Waals surface area contributed by atoms with Gasteiger partial charge in [0.15, 0.2) is 0 Å². The molecule has 2 unspecified atom stereocenters. The number of rotatable bonds is 3. The summed E-state index contributed by atoms with van der Waals surface area (Å²) in [6.07, 6.45) is 2.98. The van der Waals surface area contributed by atoms with E-state index in [-0.39, 0.29) is 6.10 Å². The molecule has 2 heterocycles. The molecule has 4 heteroatoms. The molecule has 0 amide bonds. The van der Waals surface area contributed by atoms with Gasteiger partial charge in [0, 0.05) is 31.0 Å². The van der Waals surface area contributed by atoms with Crippen molar-refractivity contribution in [1.82, 2.24) is 9.88 Å². The highest BCUT2D eigenvalue weighted by molar-refractivity contribution is 5.30. The van der Waals surface area contributed by atoms with Crippen molar-refractivity contribution >= 4 is 0 Å². The Labute approximate surface area is 102 Å². The molecule has 0 N–H and O–H groups in total. The number of hydrogen-bond acceptors (Lipinski definition) is 4. The van der Waals surface area contributed by atoms with E-state index < -0.39 is 0 Å². The van der Waals surface area contributed by atoms with Crippen LogP contribution in [-0.2, 0) is 11.3 Å². The number of ether oxygens (including phenoxy) is 1. The maximum absolute atomic E-state index is 8.99. The molecule has 0 saturated carbocycles. The Kier molecular flexibility index (Phi) is 3.72. The predicted octanol–water partition coefficient (Wildman–Crippen LogP) is 1.56. The maximum Gasteiger partial charge on any atom is 0.144 e. The summed E-state index contributed by atoms with van der Waals surface area (Å²) in [6.45, 7) is 3.67. The van der Waals surface area contributed by atoms with Gasteiger partial charge >= 0.3 is 0 Å². The van der Waals surface area contributed by atoms with Crippen molar-refractivity contribution in [2.45, 2.75) is 32.0 Å². The van der Waals surface area contributed by atoms with Crippen LogP contribution in [0.4, 0.5) is 0 Å². The smallest absolute Gasteiger partial charge is 0.144 e. The highest BCUT2D eigenvalue weighted by atomic mass is 16.5. The lowest BCUT2D eigenvalue weighted by atomic mass is 10.1. The molecule has 1 aliphatic rings. The van der Waals surface area contributed by atoms with Crippen molar-refractivity contribution < 1.29 is 4.74 Å². The van der Waals surface area contributed by atoms with Crippen molar-refractivity contribution in [1.29, 1.82) is 5.26 Å². The van der Waals surface area contributed by atoms with Crippen molar-refractivity contribution in [2.75, 3.05) is 13.7 Å². The van der Waals surface area contributed by atoms with Crippen LogP contribution in [0.25, 0.3) is 0 Å². The minimum Gasteiger partial charge on any atom is -0.377 e. The van der Waals surface area contributed by atoms with Gasteiger partial charge < -0.3 is 4.74 Å². The molecule has 2 rings (SSSR count). The molecule has 90 valence electrons. The Morgan fingerprint density at radius 2 is 2.47 bits per heavy atom. The Bertz CT molecular complexity index is 427. The van der Waals surface area contributed by atoms with E-state index in [0.717, 1.165) is 25.1 Å². The molecular formula is C13H17N3O. The second-order valence-corrected chi connectivity index (χ2v) is 4.47. The number of nitrogens with zero attached hydrogens (tertiary/aromatic N) is 3. The molecule has 0 bridgehead atoms. The van der Waals surface area contributed by atoms with Crippen LogP contribution >= 0.6 is 0 Å². The quantitative estimate of drug-likeness (QED) is 0.792. The van der Waals surface area contributed by atoms with Crippen molar-refractivity contribution in [3.05, 3.63) is 29.6 Å². The van der Waals surface area contributed by atoms with Gasteiger partial charge in [0.1, 0.15) is 11.8 Å². The zero-order chi connectivity index (χ0) is 12.3. The summed E-state index contributed by atoms with van der Waals surface area (Å²) in [6, 6.07) is 6.40. The molecular weight excluding hydrogens is 214 g/mol. The molecule has 1 saturated heterocycles. The normalized spacial score (nSPS) is 23.9. The topological polar surface area (TPSA) is 49.1 Å². The van der Waals surface area contributed by atoms with Gasteiger partial charge in [-0.25, -0.2) is 4.98 Å². The maximum atomic E-state index is 8.99. The Hall–Kier alpha value is -1.44. The van der Waals surface area contributed by atoms with E-state index >= 15 is 0 Å². The molecule has 4 nitrogen and oxygen atoms in total. The number of hydrogen-bond donors (Lipinski definition) is 0. The van der Waals surface area contributed by atoms with Crippen molar-refractivity contribution in [3.8, 4) is 6.07 Å². The standard InChI is InChI=1S/C13H17N3O/c1-10-13(5-7-17-10)16(2)9-11-4-3-6-15-12(11)8-14/h3-4,6,10,13H,5,7,9H2,1-2H3. The molecule has 1 aromatic rings. The van der Waals surface area contributed by atoms with Gasteiger partial charge in [0.2, 0.25) is 0 Å². The second-order valence-electron chi connectivity index (χ2n) is 4.47. The Balaban J connectivity index is 2.08. The summed E-state index contributed by atoms with van der Waals surface area (Å²) in [5.41, 5.74) is 1.50. The van der Waals surface area contributed by atoms with Gasteiger partial charge in [-0.05, 0) is 26.5 Å². The van der Waals surface area contributed by atoms with Gasteiger partial charge in [-0.2, -0.15) is 5.26 Å². The van der Waals surface area contributed by atoms with Crippen LogP contribution < -0.4 is 0 Å². The molecule has 0 radical (unpaired) electrons. The highest BCUT2D eigenvalue weighted by Crippen LogP contribution is 2.20. The number of likely N-dealkylation sites (N-methyl/N-ethyl adjacent to an activating group) is 1. The lowest BCUT2D eigenvalue weighted by molar-refractivity contribution is 0.0814. The fraction of sp³-hybridized carbons (Fsp3) is 0.538. The van der Waals surface area contributed by atoms with E-state index in [2.05, 4.69) is 29.9 Å². The van der Waals surface area contributed by atoms with E-state index in [1.165, 1.54) is 0 Å². The average molecular weight is 231 g/mol. The molecule has 1 fully saturated rings. The van der Waals surface area contributed by atoms with Crippen LogP contribution in [0.15, 0.2) is 18.3 Å². The largest absolute Gasteiger partial charge is 0.377 e. The van der Waals surface area contributed by atoms with Crippen LogP contribution in [0.1, 0.15) is 24.6 Å². The van der Waals surface area contributed by atoms with Gasteiger partial charge in [-0.15, -0.1) is 0 Å². The molecule has 0 aromatic carbocycles. The van der Waals surface area contributed by atoms with Crippen LogP contribution in [0.2, 0.25) is 0 Å². The van der Waals surface area contributed by atoms with Crippen molar-refractivity contribution in [2.24, 2.45) is 0 Å². The summed E-state index contributed by atoms with van der Waals surface area (Å²) in [7, 11) is 2.07. The minimum absolute atomic E-state index is 0.266. The Morgan fingerprint density at radius 3 is 3.12 bits per heavy atom. The predicted molar refractivity (Wildman–Crippen MR) is 64.2 cm³/mol. The first-order valence-electron chi connectivity index (χ1n) is 5.88. The fourth-order valence-electron chi connectivity index (χ4n) is 2.35. The molecule has 1 aliphatic heterocycles. The van der Waals surface area contributed by atoms with Gasteiger partial charge in [-0.3, -0.25) is 4.90 Å². The first-order chi connectivity index (χ1) is 8.22. The van der Waals surface area contributed by atoms with E-state index in [9.17, 15) is 0 Å². The first kappa shape index (κ1) is 12.0. The number of pyridine rings is 1. The zero-order valence-corrected chi connectivity index (χ0v) is 10.3. The number of nitriles is 1. The van der Waals surface area contributed by atoms with Crippen molar-refractivity contribution in [3.63, 3.8) is 0 Å². The van der Waals surface area contributed by atoms with Crippen LogP contribution in [-0.4, -0.2) is 35.7 Å². The third-order valence-electron chi connectivity index (χ3n) is 3.32. The van der Waals surface area contributed by atoms with E-state index in [0.29, 0.717) is 11.7 Å². The van der Waals surface area contributed by atoms with E-state index in [1.54, 1.807) is 6.20 Å². The van der Waals surface area contributed by atoms with Crippen LogP contribution in [0.5, 0.6) is 0 Å². The third-order valence-corrected chi connectivity index (χ3v) is 3.32. The monoisotopic (exact) mass is 231 g/mol. The summed E-state index contributed by atoms with van der Waals surface area (Å²) in [5.74, 6) is 0. The van der Waals surface area contributed by atoms with E-state index in [4.69, 9.17) is 10.00 Å².